The summed E-state index contributed by atoms with van der Waals surface area (Å²) >= 11 is 0. The molecule has 1 atom stereocenters. The summed E-state index contributed by atoms with van der Waals surface area (Å²) in [6.45, 7) is 3.75. The van der Waals surface area contributed by atoms with Crippen molar-refractivity contribution in [3.63, 3.8) is 0 Å². The van der Waals surface area contributed by atoms with Crippen LogP contribution >= 0.6 is 0 Å². The molecule has 0 saturated heterocycles. The summed E-state index contributed by atoms with van der Waals surface area (Å²) in [7, 11) is 0. The van der Waals surface area contributed by atoms with Gasteiger partial charge in [0.25, 0.3) is 0 Å². The van der Waals surface area contributed by atoms with Crippen LogP contribution in [0.2, 0.25) is 0 Å². The van der Waals surface area contributed by atoms with E-state index >= 15 is 0 Å². The summed E-state index contributed by atoms with van der Waals surface area (Å²) in [4.78, 5) is 0. The minimum absolute atomic E-state index is 0.304. The molecule has 84 valence electrons. The third-order valence-electron chi connectivity index (χ3n) is 2.37. The maximum absolute atomic E-state index is 12.3. The number of hydrogen-bond donors (Lipinski definition) is 0. The zero-order valence-electron chi connectivity index (χ0n) is 8.93. The van der Waals surface area contributed by atoms with E-state index in [0.717, 1.165) is 12.0 Å². The first kappa shape index (κ1) is 12.1. The predicted molar refractivity (Wildman–Crippen MR) is 55.4 cm³/mol. The van der Waals surface area contributed by atoms with Gasteiger partial charge in [-0.25, -0.2) is 0 Å². The molecule has 1 aliphatic carbocycles. The number of alkyl halides is 3. The highest BCUT2D eigenvalue weighted by Gasteiger charge is 2.29. The molecule has 0 amide bonds. The molecule has 1 unspecified atom stereocenters. The van der Waals surface area contributed by atoms with Crippen molar-refractivity contribution in [2.75, 3.05) is 0 Å². The Morgan fingerprint density at radius 1 is 1.40 bits per heavy atom. The van der Waals surface area contributed by atoms with Crippen LogP contribution in [-0.4, -0.2) is 6.18 Å². The first-order valence-corrected chi connectivity index (χ1v) is 5.00. The molecule has 0 aliphatic heterocycles. The highest BCUT2D eigenvalue weighted by Crippen LogP contribution is 2.29. The van der Waals surface area contributed by atoms with E-state index < -0.39 is 12.6 Å². The van der Waals surface area contributed by atoms with Gasteiger partial charge in [0.15, 0.2) is 0 Å². The van der Waals surface area contributed by atoms with Gasteiger partial charge in [-0.05, 0) is 24.8 Å². The molecule has 1 rings (SSSR count). The molecule has 0 nitrogen and oxygen atoms in total. The molecule has 0 fully saturated rings. The van der Waals surface area contributed by atoms with E-state index in [-0.39, 0.29) is 0 Å². The lowest BCUT2D eigenvalue weighted by molar-refractivity contribution is -0.126. The van der Waals surface area contributed by atoms with Gasteiger partial charge in [0.2, 0.25) is 0 Å². The van der Waals surface area contributed by atoms with Crippen molar-refractivity contribution in [2.24, 2.45) is 5.92 Å². The third-order valence-corrected chi connectivity index (χ3v) is 2.37. The van der Waals surface area contributed by atoms with Crippen LogP contribution in [0.5, 0.6) is 0 Å². The SMILES string of the molecule is CC1=CC(C)CC=CC=C1CC(F)(F)F. The van der Waals surface area contributed by atoms with Gasteiger partial charge in [-0.1, -0.05) is 36.8 Å². The van der Waals surface area contributed by atoms with E-state index in [9.17, 15) is 13.2 Å². The molecule has 0 aromatic carbocycles. The van der Waals surface area contributed by atoms with Gasteiger partial charge < -0.3 is 0 Å². The Morgan fingerprint density at radius 2 is 2.07 bits per heavy atom. The van der Waals surface area contributed by atoms with Gasteiger partial charge >= 0.3 is 6.18 Å². The van der Waals surface area contributed by atoms with Crippen molar-refractivity contribution in [3.8, 4) is 0 Å². The fraction of sp³-hybridized carbons (Fsp3) is 0.500. The van der Waals surface area contributed by atoms with Crippen LogP contribution in [-0.2, 0) is 0 Å². The molecule has 0 N–H and O–H groups in total. The molecule has 1 aliphatic rings. The number of halogens is 3. The molecule has 3 heteroatoms. The monoisotopic (exact) mass is 216 g/mol. The van der Waals surface area contributed by atoms with E-state index in [4.69, 9.17) is 0 Å². The quantitative estimate of drug-likeness (QED) is 0.609. The first-order chi connectivity index (χ1) is 6.88. The topological polar surface area (TPSA) is 0 Å². The maximum atomic E-state index is 12.3. The molecule has 0 aromatic heterocycles. The number of rotatable bonds is 1. The average molecular weight is 216 g/mol. The summed E-state index contributed by atoms with van der Waals surface area (Å²) in [6, 6.07) is 0. The molecule has 0 spiro atoms. The Kier molecular flexibility index (Phi) is 3.77. The van der Waals surface area contributed by atoms with Crippen LogP contribution in [0.4, 0.5) is 13.2 Å². The Hall–Kier alpha value is -0.990. The van der Waals surface area contributed by atoms with Gasteiger partial charge in [-0.15, -0.1) is 0 Å². The Balaban J connectivity index is 2.89. The molecular weight excluding hydrogens is 201 g/mol. The lowest BCUT2D eigenvalue weighted by Crippen LogP contribution is -2.09. The Morgan fingerprint density at radius 3 is 2.67 bits per heavy atom. The summed E-state index contributed by atoms with van der Waals surface area (Å²) in [5.41, 5.74) is 1.11. The molecule has 0 heterocycles. The fourth-order valence-electron chi connectivity index (χ4n) is 1.63. The maximum Gasteiger partial charge on any atom is 0.393 e. The lowest BCUT2D eigenvalue weighted by atomic mass is 9.95. The van der Waals surface area contributed by atoms with Crippen molar-refractivity contribution in [2.45, 2.75) is 32.9 Å². The zero-order chi connectivity index (χ0) is 11.5. The van der Waals surface area contributed by atoms with E-state index in [0.29, 0.717) is 11.5 Å². The second-order valence-electron chi connectivity index (χ2n) is 3.97. The Labute approximate surface area is 88.2 Å². The minimum atomic E-state index is -4.13. The highest BCUT2D eigenvalue weighted by atomic mass is 19.4. The van der Waals surface area contributed by atoms with Crippen LogP contribution in [0.1, 0.15) is 26.7 Å². The Bertz CT molecular complexity index is 305. The van der Waals surface area contributed by atoms with Crippen molar-refractivity contribution in [1.82, 2.24) is 0 Å². The second kappa shape index (κ2) is 4.69. The predicted octanol–water partition coefficient (Wildman–Crippen LogP) is 4.41. The normalized spacial score (nSPS) is 22.9. The van der Waals surface area contributed by atoms with E-state index in [1.165, 1.54) is 0 Å². The van der Waals surface area contributed by atoms with Crippen molar-refractivity contribution in [1.29, 1.82) is 0 Å². The van der Waals surface area contributed by atoms with Gasteiger partial charge in [0.05, 0.1) is 6.42 Å². The average Bonchev–Trinajstić information content (AvgIpc) is 2.06. The van der Waals surface area contributed by atoms with Crippen molar-refractivity contribution < 1.29 is 13.2 Å². The van der Waals surface area contributed by atoms with E-state index in [2.05, 4.69) is 0 Å². The fourth-order valence-corrected chi connectivity index (χ4v) is 1.63. The summed E-state index contributed by atoms with van der Waals surface area (Å²) in [5, 5.41) is 0. The van der Waals surface area contributed by atoms with Crippen LogP contribution in [0.15, 0.2) is 35.5 Å². The van der Waals surface area contributed by atoms with Crippen LogP contribution in [0.25, 0.3) is 0 Å². The molecule has 0 aromatic rings. The van der Waals surface area contributed by atoms with Gasteiger partial charge in [0, 0.05) is 0 Å². The first-order valence-electron chi connectivity index (χ1n) is 5.00. The molecule has 0 bridgehead atoms. The van der Waals surface area contributed by atoms with Gasteiger partial charge in [-0.2, -0.15) is 13.2 Å². The molecule has 0 saturated carbocycles. The molecular formula is C12H15F3. The van der Waals surface area contributed by atoms with Crippen LogP contribution in [0.3, 0.4) is 0 Å². The van der Waals surface area contributed by atoms with E-state index in [1.54, 1.807) is 19.1 Å². The summed E-state index contributed by atoms with van der Waals surface area (Å²) in [6.07, 6.45) is 3.00. The molecule has 0 radical (unpaired) electrons. The van der Waals surface area contributed by atoms with Gasteiger partial charge in [-0.3, -0.25) is 0 Å². The largest absolute Gasteiger partial charge is 0.393 e. The zero-order valence-corrected chi connectivity index (χ0v) is 8.93. The van der Waals surface area contributed by atoms with Gasteiger partial charge in [0.1, 0.15) is 0 Å². The van der Waals surface area contributed by atoms with E-state index in [1.807, 2.05) is 19.1 Å². The summed E-state index contributed by atoms with van der Waals surface area (Å²) in [5.74, 6) is 0.304. The minimum Gasteiger partial charge on any atom is -0.171 e. The lowest BCUT2D eigenvalue weighted by Gasteiger charge is -2.14. The second-order valence-corrected chi connectivity index (χ2v) is 3.97. The highest BCUT2D eigenvalue weighted by molar-refractivity contribution is 5.34. The number of allylic oxidation sites excluding steroid dienone is 6. The van der Waals surface area contributed by atoms with Crippen molar-refractivity contribution in [3.05, 3.63) is 35.5 Å². The van der Waals surface area contributed by atoms with Crippen LogP contribution in [0, 0.1) is 5.92 Å². The van der Waals surface area contributed by atoms with Crippen LogP contribution < -0.4 is 0 Å². The summed E-state index contributed by atoms with van der Waals surface area (Å²) < 4.78 is 36.8. The smallest absolute Gasteiger partial charge is 0.171 e. The standard InChI is InChI=1S/C12H15F3/c1-9-5-3-4-6-11(10(2)7-9)8-12(13,14)15/h3-4,6-7,9H,5,8H2,1-2H3. The number of hydrogen-bond acceptors (Lipinski definition) is 0. The van der Waals surface area contributed by atoms with Crippen molar-refractivity contribution >= 4 is 0 Å². The molecule has 15 heavy (non-hydrogen) atoms. The third kappa shape index (κ3) is 4.36.